The Morgan fingerprint density at radius 1 is 1.00 bits per heavy atom. The number of aryl methyl sites for hydroxylation is 1. The molecule has 0 radical (unpaired) electrons. The highest BCUT2D eigenvalue weighted by Crippen LogP contribution is 2.29. The predicted octanol–water partition coefficient (Wildman–Crippen LogP) is 3.27. The van der Waals surface area contributed by atoms with Crippen LogP contribution in [0.5, 0.6) is 0 Å². The Morgan fingerprint density at radius 2 is 1.79 bits per heavy atom. The molecule has 1 fully saturated rings. The molecule has 29 heavy (non-hydrogen) atoms. The zero-order valence-corrected chi connectivity index (χ0v) is 16.3. The Kier molecular flexibility index (Phi) is 4.21. The van der Waals surface area contributed by atoms with Crippen molar-refractivity contribution in [2.24, 2.45) is 0 Å². The summed E-state index contributed by atoms with van der Waals surface area (Å²) in [7, 11) is 0. The van der Waals surface area contributed by atoms with E-state index in [1.54, 1.807) is 10.6 Å². The number of rotatable bonds is 2. The first-order chi connectivity index (χ1) is 14.1. The lowest BCUT2D eigenvalue weighted by atomic mass is 10.1. The minimum Gasteiger partial charge on any atom is -0.398 e. The molecule has 2 aromatic carbocycles. The summed E-state index contributed by atoms with van der Waals surface area (Å²) in [6.07, 6.45) is 1.82. The highest BCUT2D eigenvalue weighted by molar-refractivity contribution is 6.05. The van der Waals surface area contributed by atoms with Gasteiger partial charge in [-0.3, -0.25) is 14.3 Å². The second-order valence-corrected chi connectivity index (χ2v) is 7.41. The van der Waals surface area contributed by atoms with Gasteiger partial charge in [-0.15, -0.1) is 0 Å². The maximum absolute atomic E-state index is 12.9. The summed E-state index contributed by atoms with van der Waals surface area (Å²) in [5, 5.41) is 1.86. The number of nitrogens with zero attached hydrogens (tertiary/aromatic N) is 3. The highest BCUT2D eigenvalue weighted by atomic mass is 16.5. The van der Waals surface area contributed by atoms with Crippen molar-refractivity contribution < 1.29 is 4.74 Å². The van der Waals surface area contributed by atoms with Gasteiger partial charge in [0, 0.05) is 47.5 Å². The molecule has 0 saturated carbocycles. The van der Waals surface area contributed by atoms with Gasteiger partial charge in [-0.25, -0.2) is 0 Å². The van der Waals surface area contributed by atoms with Gasteiger partial charge in [-0.05, 0) is 48.9 Å². The maximum Gasteiger partial charge on any atom is 0.255 e. The van der Waals surface area contributed by atoms with E-state index in [2.05, 4.69) is 22.0 Å². The van der Waals surface area contributed by atoms with Crippen molar-refractivity contribution in [1.29, 1.82) is 0 Å². The highest BCUT2D eigenvalue weighted by Gasteiger charge is 2.15. The van der Waals surface area contributed by atoms with Gasteiger partial charge in [0.2, 0.25) is 0 Å². The lowest BCUT2D eigenvalue weighted by Crippen LogP contribution is -2.36. The first kappa shape index (κ1) is 17.7. The molecule has 3 heterocycles. The fourth-order valence-electron chi connectivity index (χ4n) is 3.94. The van der Waals surface area contributed by atoms with Crippen LogP contribution < -0.4 is 16.2 Å². The van der Waals surface area contributed by atoms with E-state index in [1.165, 1.54) is 0 Å². The molecule has 1 aliphatic rings. The summed E-state index contributed by atoms with van der Waals surface area (Å²) in [4.78, 5) is 19.8. The maximum atomic E-state index is 12.9. The van der Waals surface area contributed by atoms with Crippen molar-refractivity contribution >= 4 is 33.2 Å². The summed E-state index contributed by atoms with van der Waals surface area (Å²) < 4.78 is 7.22. The van der Waals surface area contributed by atoms with E-state index >= 15 is 0 Å². The summed E-state index contributed by atoms with van der Waals surface area (Å²) in [6.45, 7) is 5.10. The number of pyridine rings is 2. The second-order valence-electron chi connectivity index (χ2n) is 7.41. The van der Waals surface area contributed by atoms with Crippen molar-refractivity contribution in [3.63, 3.8) is 0 Å². The molecule has 6 heteroatoms. The van der Waals surface area contributed by atoms with Crippen molar-refractivity contribution in [3.05, 3.63) is 70.6 Å². The van der Waals surface area contributed by atoms with E-state index in [4.69, 9.17) is 10.5 Å². The minimum absolute atomic E-state index is 0.0926. The van der Waals surface area contributed by atoms with Crippen LogP contribution >= 0.6 is 0 Å². The third-order valence-electron chi connectivity index (χ3n) is 5.60. The second kappa shape index (κ2) is 6.90. The summed E-state index contributed by atoms with van der Waals surface area (Å²) in [6, 6.07) is 15.4. The Morgan fingerprint density at radius 3 is 2.59 bits per heavy atom. The average Bonchev–Trinajstić information content (AvgIpc) is 2.76. The number of anilines is 2. The van der Waals surface area contributed by atoms with E-state index in [0.717, 1.165) is 65.0 Å². The largest absolute Gasteiger partial charge is 0.398 e. The number of benzene rings is 2. The summed E-state index contributed by atoms with van der Waals surface area (Å²) in [5.41, 5.74) is 11.3. The number of nitrogens with two attached hydrogens (primary N) is 1. The van der Waals surface area contributed by atoms with Gasteiger partial charge < -0.3 is 15.4 Å². The molecule has 2 N–H and O–H groups in total. The Labute approximate surface area is 168 Å². The normalized spacial score (nSPS) is 14.6. The van der Waals surface area contributed by atoms with Crippen LogP contribution in [0.1, 0.15) is 5.56 Å². The molecule has 2 aromatic heterocycles. The van der Waals surface area contributed by atoms with Crippen molar-refractivity contribution in [2.45, 2.75) is 6.92 Å². The molecule has 1 aliphatic heterocycles. The van der Waals surface area contributed by atoms with Crippen LogP contribution in [0.2, 0.25) is 0 Å². The molecule has 0 bridgehead atoms. The van der Waals surface area contributed by atoms with Crippen molar-refractivity contribution in [2.75, 3.05) is 36.9 Å². The van der Waals surface area contributed by atoms with Gasteiger partial charge in [-0.2, -0.15) is 0 Å². The van der Waals surface area contributed by atoms with Gasteiger partial charge in [-0.1, -0.05) is 6.07 Å². The zero-order valence-electron chi connectivity index (χ0n) is 16.3. The molecule has 0 unspecified atom stereocenters. The smallest absolute Gasteiger partial charge is 0.255 e. The molecular formula is C23H22N4O2. The molecule has 0 atom stereocenters. The first-order valence-electron chi connectivity index (χ1n) is 9.75. The number of hydrogen-bond donors (Lipinski definition) is 1. The minimum atomic E-state index is -0.0926. The lowest BCUT2D eigenvalue weighted by Gasteiger charge is -2.29. The molecule has 0 aliphatic carbocycles. The SMILES string of the molecule is Cc1ccc(-n2c(=O)ccc3cnc4ccc(N5CCOCC5)cc4c32)cc1N. The molecule has 5 rings (SSSR count). The van der Waals surface area contributed by atoms with E-state index < -0.39 is 0 Å². The van der Waals surface area contributed by atoms with Crippen LogP contribution in [0.3, 0.4) is 0 Å². The quantitative estimate of drug-likeness (QED) is 0.423. The third-order valence-corrected chi connectivity index (χ3v) is 5.60. The Balaban J connectivity index is 1.81. The predicted molar refractivity (Wildman–Crippen MR) is 117 cm³/mol. The molecule has 6 nitrogen and oxygen atoms in total. The van der Waals surface area contributed by atoms with Crippen molar-refractivity contribution in [3.8, 4) is 5.69 Å². The van der Waals surface area contributed by atoms with Gasteiger partial charge in [0.1, 0.15) is 0 Å². The van der Waals surface area contributed by atoms with E-state index in [-0.39, 0.29) is 5.56 Å². The van der Waals surface area contributed by atoms with Crippen LogP contribution in [-0.2, 0) is 4.74 Å². The number of nitrogen functional groups attached to an aromatic ring is 1. The van der Waals surface area contributed by atoms with Crippen LogP contribution in [0.25, 0.3) is 27.5 Å². The standard InChI is InChI=1S/C23H22N4O2/c1-15-2-4-18(13-20(15)24)27-22(28)7-3-16-14-25-21-6-5-17(12-19(21)23(16)27)26-8-10-29-11-9-26/h2-7,12-14H,8-11,24H2,1H3. The number of ether oxygens (including phenoxy) is 1. The monoisotopic (exact) mass is 386 g/mol. The van der Waals surface area contributed by atoms with Crippen LogP contribution in [-0.4, -0.2) is 35.9 Å². The summed E-state index contributed by atoms with van der Waals surface area (Å²) >= 11 is 0. The number of aromatic nitrogens is 2. The molecular weight excluding hydrogens is 364 g/mol. The van der Waals surface area contributed by atoms with Crippen LogP contribution in [0.4, 0.5) is 11.4 Å². The fourth-order valence-corrected chi connectivity index (χ4v) is 3.94. The molecule has 146 valence electrons. The molecule has 4 aromatic rings. The third kappa shape index (κ3) is 3.02. The zero-order chi connectivity index (χ0) is 20.0. The van der Waals surface area contributed by atoms with Gasteiger partial charge >= 0.3 is 0 Å². The molecule has 0 spiro atoms. The number of morpholine rings is 1. The Bertz CT molecular complexity index is 1290. The molecule has 0 amide bonds. The van der Waals surface area contributed by atoms with E-state index in [1.807, 2.05) is 43.5 Å². The number of hydrogen-bond acceptors (Lipinski definition) is 5. The van der Waals surface area contributed by atoms with Gasteiger partial charge in [0.15, 0.2) is 0 Å². The van der Waals surface area contributed by atoms with E-state index in [9.17, 15) is 4.79 Å². The van der Waals surface area contributed by atoms with E-state index in [0.29, 0.717) is 5.69 Å². The first-order valence-corrected chi connectivity index (χ1v) is 9.75. The van der Waals surface area contributed by atoms with Crippen LogP contribution in [0, 0.1) is 6.92 Å². The Hall–Kier alpha value is -3.38. The summed E-state index contributed by atoms with van der Waals surface area (Å²) in [5.74, 6) is 0. The average molecular weight is 386 g/mol. The molecule has 1 saturated heterocycles. The lowest BCUT2D eigenvalue weighted by molar-refractivity contribution is 0.122. The van der Waals surface area contributed by atoms with Crippen LogP contribution in [0.15, 0.2) is 59.5 Å². The fraction of sp³-hybridized carbons (Fsp3) is 0.217. The van der Waals surface area contributed by atoms with Gasteiger partial charge in [0.05, 0.1) is 29.9 Å². The number of fused-ring (bicyclic) bond motifs is 3. The van der Waals surface area contributed by atoms with Crippen molar-refractivity contribution in [1.82, 2.24) is 9.55 Å². The van der Waals surface area contributed by atoms with Gasteiger partial charge in [0.25, 0.3) is 5.56 Å². The topological polar surface area (TPSA) is 73.4 Å².